The van der Waals surface area contributed by atoms with Crippen molar-refractivity contribution in [2.24, 2.45) is 11.1 Å². The normalized spacial score (nSPS) is 18.0. The summed E-state index contributed by atoms with van der Waals surface area (Å²) >= 11 is 0. The summed E-state index contributed by atoms with van der Waals surface area (Å²) in [7, 11) is 1.70. The molecule has 3 rings (SSSR count). The third kappa shape index (κ3) is 2.68. The fourth-order valence-corrected chi connectivity index (χ4v) is 2.97. The van der Waals surface area contributed by atoms with Crippen LogP contribution in [0.25, 0.3) is 10.8 Å². The van der Waals surface area contributed by atoms with Gasteiger partial charge in [-0.1, -0.05) is 13.0 Å². The van der Waals surface area contributed by atoms with Crippen molar-refractivity contribution in [3.8, 4) is 5.75 Å². The zero-order valence-corrected chi connectivity index (χ0v) is 12.8. The van der Waals surface area contributed by atoms with Crippen molar-refractivity contribution in [2.45, 2.75) is 19.8 Å². The van der Waals surface area contributed by atoms with Crippen LogP contribution in [0.2, 0.25) is 0 Å². The number of ether oxygens (including phenoxy) is 1. The molecule has 4 heteroatoms. The summed E-state index contributed by atoms with van der Waals surface area (Å²) in [5.41, 5.74) is 6.18. The van der Waals surface area contributed by atoms with Gasteiger partial charge in [0.25, 0.3) is 0 Å². The zero-order valence-electron chi connectivity index (χ0n) is 12.8. The molecule has 21 heavy (non-hydrogen) atoms. The molecule has 1 aliphatic heterocycles. The third-order valence-electron chi connectivity index (χ3n) is 4.72. The molecule has 1 aromatic heterocycles. The minimum Gasteiger partial charge on any atom is -0.497 e. The van der Waals surface area contributed by atoms with Crippen LogP contribution in [0.3, 0.4) is 0 Å². The molecule has 2 N–H and O–H groups in total. The van der Waals surface area contributed by atoms with Crippen molar-refractivity contribution in [1.29, 1.82) is 0 Å². The lowest BCUT2D eigenvalue weighted by Crippen LogP contribution is -2.42. The van der Waals surface area contributed by atoms with Crippen LogP contribution in [-0.4, -0.2) is 31.7 Å². The van der Waals surface area contributed by atoms with Gasteiger partial charge in [-0.3, -0.25) is 0 Å². The van der Waals surface area contributed by atoms with Gasteiger partial charge in [0.15, 0.2) is 0 Å². The summed E-state index contributed by atoms with van der Waals surface area (Å²) in [5.74, 6) is 1.94. The Morgan fingerprint density at radius 3 is 2.71 bits per heavy atom. The third-order valence-corrected chi connectivity index (χ3v) is 4.72. The van der Waals surface area contributed by atoms with E-state index in [-0.39, 0.29) is 5.41 Å². The van der Waals surface area contributed by atoms with Gasteiger partial charge in [-0.25, -0.2) is 4.98 Å². The first-order chi connectivity index (χ1) is 10.1. The van der Waals surface area contributed by atoms with Crippen LogP contribution < -0.4 is 15.4 Å². The average molecular weight is 285 g/mol. The maximum Gasteiger partial charge on any atom is 0.136 e. The maximum absolute atomic E-state index is 5.90. The van der Waals surface area contributed by atoms with E-state index in [1.54, 1.807) is 7.11 Å². The van der Waals surface area contributed by atoms with Crippen molar-refractivity contribution < 1.29 is 4.74 Å². The van der Waals surface area contributed by atoms with Crippen LogP contribution in [0, 0.1) is 5.41 Å². The van der Waals surface area contributed by atoms with E-state index < -0.39 is 0 Å². The number of hydrogen-bond acceptors (Lipinski definition) is 4. The molecular weight excluding hydrogens is 262 g/mol. The van der Waals surface area contributed by atoms with Gasteiger partial charge < -0.3 is 15.4 Å². The standard InChI is InChI=1S/C17H23N3O/c1-17(12-18)6-9-20(10-7-17)16-15-11-14(21-2)4-3-13(15)5-8-19-16/h3-5,8,11H,6-7,9-10,12,18H2,1-2H3. The largest absolute Gasteiger partial charge is 0.497 e. The molecule has 1 aliphatic rings. The van der Waals surface area contributed by atoms with Crippen LogP contribution in [0.4, 0.5) is 5.82 Å². The highest BCUT2D eigenvalue weighted by molar-refractivity contribution is 5.93. The number of nitrogens with two attached hydrogens (primary N) is 1. The summed E-state index contributed by atoms with van der Waals surface area (Å²) in [6.45, 7) is 5.07. The molecule has 1 saturated heterocycles. The number of rotatable bonds is 3. The average Bonchev–Trinajstić information content (AvgIpc) is 2.54. The second kappa shape index (κ2) is 5.53. The van der Waals surface area contributed by atoms with Crippen molar-refractivity contribution >= 4 is 16.6 Å². The Hall–Kier alpha value is -1.81. The van der Waals surface area contributed by atoms with Gasteiger partial charge in [-0.05, 0) is 48.4 Å². The number of methoxy groups -OCH3 is 1. The molecule has 0 radical (unpaired) electrons. The molecule has 0 amide bonds. The van der Waals surface area contributed by atoms with E-state index in [9.17, 15) is 0 Å². The fraction of sp³-hybridized carbons (Fsp3) is 0.471. The number of benzene rings is 1. The van der Waals surface area contributed by atoms with E-state index >= 15 is 0 Å². The first-order valence-electron chi connectivity index (χ1n) is 7.53. The molecule has 1 aromatic carbocycles. The van der Waals surface area contributed by atoms with E-state index in [0.29, 0.717) is 0 Å². The Bertz CT molecular complexity index is 633. The van der Waals surface area contributed by atoms with Gasteiger partial charge in [0.05, 0.1) is 7.11 Å². The highest BCUT2D eigenvalue weighted by atomic mass is 16.5. The lowest BCUT2D eigenvalue weighted by molar-refractivity contribution is 0.258. The van der Waals surface area contributed by atoms with E-state index in [1.165, 1.54) is 5.39 Å². The Morgan fingerprint density at radius 1 is 1.29 bits per heavy atom. The van der Waals surface area contributed by atoms with Gasteiger partial charge in [0.1, 0.15) is 11.6 Å². The molecule has 2 aromatic rings. The molecule has 0 atom stereocenters. The number of pyridine rings is 1. The van der Waals surface area contributed by atoms with Crippen molar-refractivity contribution in [3.63, 3.8) is 0 Å². The highest BCUT2D eigenvalue weighted by Crippen LogP contribution is 2.34. The lowest BCUT2D eigenvalue weighted by Gasteiger charge is -2.39. The Balaban J connectivity index is 1.94. The van der Waals surface area contributed by atoms with Gasteiger partial charge in [0.2, 0.25) is 0 Å². The number of aromatic nitrogens is 1. The maximum atomic E-state index is 5.90. The first-order valence-corrected chi connectivity index (χ1v) is 7.53. The predicted molar refractivity (Wildman–Crippen MR) is 86.9 cm³/mol. The SMILES string of the molecule is COc1ccc2ccnc(N3CCC(C)(CN)CC3)c2c1. The lowest BCUT2D eigenvalue weighted by atomic mass is 9.80. The minimum atomic E-state index is 0.277. The minimum absolute atomic E-state index is 0.277. The van der Waals surface area contributed by atoms with Crippen LogP contribution in [0.15, 0.2) is 30.5 Å². The monoisotopic (exact) mass is 285 g/mol. The summed E-state index contributed by atoms with van der Waals surface area (Å²) in [4.78, 5) is 6.99. The van der Waals surface area contributed by atoms with Crippen molar-refractivity contribution in [2.75, 3.05) is 31.6 Å². The van der Waals surface area contributed by atoms with Crippen molar-refractivity contribution in [3.05, 3.63) is 30.5 Å². The number of hydrogen-bond donors (Lipinski definition) is 1. The molecule has 112 valence electrons. The van der Waals surface area contributed by atoms with Crippen LogP contribution in [0.5, 0.6) is 5.75 Å². The van der Waals surface area contributed by atoms with E-state index in [2.05, 4.69) is 28.9 Å². The number of piperidine rings is 1. The molecule has 2 heterocycles. The molecule has 0 aliphatic carbocycles. The predicted octanol–water partition coefficient (Wildman–Crippen LogP) is 2.81. The highest BCUT2D eigenvalue weighted by Gasteiger charge is 2.29. The Kier molecular flexibility index (Phi) is 3.72. The summed E-state index contributed by atoms with van der Waals surface area (Å²) in [6, 6.07) is 8.21. The second-order valence-electron chi connectivity index (χ2n) is 6.22. The molecular formula is C17H23N3O. The number of anilines is 1. The van der Waals surface area contributed by atoms with Crippen LogP contribution in [0.1, 0.15) is 19.8 Å². The molecule has 4 nitrogen and oxygen atoms in total. The number of nitrogens with zero attached hydrogens (tertiary/aromatic N) is 2. The molecule has 0 saturated carbocycles. The fourth-order valence-electron chi connectivity index (χ4n) is 2.97. The van der Waals surface area contributed by atoms with E-state index in [1.807, 2.05) is 18.3 Å². The molecule has 1 fully saturated rings. The zero-order chi connectivity index (χ0) is 14.9. The second-order valence-corrected chi connectivity index (χ2v) is 6.22. The molecule has 0 spiro atoms. The summed E-state index contributed by atoms with van der Waals surface area (Å²) in [5, 5.41) is 2.36. The van der Waals surface area contributed by atoms with Gasteiger partial charge in [-0.2, -0.15) is 0 Å². The van der Waals surface area contributed by atoms with Gasteiger partial charge in [0, 0.05) is 24.7 Å². The van der Waals surface area contributed by atoms with E-state index in [0.717, 1.165) is 49.4 Å². The van der Waals surface area contributed by atoms with Gasteiger partial charge >= 0.3 is 0 Å². The Morgan fingerprint density at radius 2 is 2.05 bits per heavy atom. The van der Waals surface area contributed by atoms with Crippen LogP contribution >= 0.6 is 0 Å². The first kappa shape index (κ1) is 14.1. The summed E-state index contributed by atoms with van der Waals surface area (Å²) in [6.07, 6.45) is 4.12. The number of fused-ring (bicyclic) bond motifs is 1. The quantitative estimate of drug-likeness (QED) is 0.942. The van der Waals surface area contributed by atoms with Gasteiger partial charge in [-0.15, -0.1) is 0 Å². The topological polar surface area (TPSA) is 51.4 Å². The van der Waals surface area contributed by atoms with Crippen molar-refractivity contribution in [1.82, 2.24) is 4.98 Å². The molecule has 0 bridgehead atoms. The smallest absolute Gasteiger partial charge is 0.136 e. The Labute approximate surface area is 125 Å². The summed E-state index contributed by atoms with van der Waals surface area (Å²) < 4.78 is 5.35. The van der Waals surface area contributed by atoms with Crippen LogP contribution in [-0.2, 0) is 0 Å². The van der Waals surface area contributed by atoms with E-state index in [4.69, 9.17) is 10.5 Å². The molecule has 0 unspecified atom stereocenters.